The van der Waals surface area contributed by atoms with Crippen LogP contribution in [-0.2, 0) is 5.41 Å². The normalized spacial score (nSPS) is 11.9. The lowest BCUT2D eigenvalue weighted by atomic mass is 9.87. The summed E-state index contributed by atoms with van der Waals surface area (Å²) >= 11 is 0. The molecule has 0 spiro atoms. The Balaban J connectivity index is 1.78. The molecule has 0 atom stereocenters. The Bertz CT molecular complexity index is 997. The van der Waals surface area contributed by atoms with Gasteiger partial charge in [0.15, 0.2) is 0 Å². The van der Waals surface area contributed by atoms with Crippen molar-refractivity contribution >= 4 is 30.3 Å². The van der Waals surface area contributed by atoms with E-state index in [1.54, 1.807) is 4.85 Å². The highest BCUT2D eigenvalue weighted by atomic mass is 28.3. The molecule has 1 aromatic heterocycles. The Morgan fingerprint density at radius 3 is 1.96 bits per heavy atom. The summed E-state index contributed by atoms with van der Waals surface area (Å²) in [4.78, 5) is 1.71. The van der Waals surface area contributed by atoms with Crippen LogP contribution in [0.5, 0.6) is 0 Å². The number of benzene rings is 3. The van der Waals surface area contributed by atoms with E-state index < -0.39 is 9.04 Å². The number of nitrogens with zero attached hydrogens (tertiary/aromatic N) is 2. The van der Waals surface area contributed by atoms with Crippen LogP contribution in [0.15, 0.2) is 85.1 Å². The second kappa shape index (κ2) is 7.04. The zero-order chi connectivity index (χ0) is 18.9. The molecule has 0 aliphatic heterocycles. The first-order valence-electron chi connectivity index (χ1n) is 9.17. The third kappa shape index (κ3) is 3.66. The Labute approximate surface area is 161 Å². The van der Waals surface area contributed by atoms with E-state index in [0.29, 0.717) is 0 Å². The summed E-state index contributed by atoms with van der Waals surface area (Å²) in [7, 11) is -1.46. The highest BCUT2D eigenvalue weighted by Gasteiger charge is 2.24. The van der Waals surface area contributed by atoms with E-state index in [9.17, 15) is 0 Å². The van der Waals surface area contributed by atoms with Crippen molar-refractivity contribution in [2.45, 2.75) is 26.2 Å². The summed E-state index contributed by atoms with van der Waals surface area (Å²) in [6.45, 7) is 6.66. The van der Waals surface area contributed by atoms with Crippen molar-refractivity contribution in [2.24, 2.45) is 0 Å². The quantitative estimate of drug-likeness (QED) is 0.513. The fraction of sp³-hybridized carbons (Fsp3) is 0.174. The van der Waals surface area contributed by atoms with Gasteiger partial charge in [0.25, 0.3) is 0 Å². The SMILES string of the molecule is CC(C)(C)c1ccc2cnn(O[Si](c3ccccc3)c3ccccc3)c2c1. The molecule has 0 fully saturated rings. The lowest BCUT2D eigenvalue weighted by Gasteiger charge is -2.20. The van der Waals surface area contributed by atoms with Gasteiger partial charge >= 0.3 is 9.04 Å². The van der Waals surface area contributed by atoms with Crippen LogP contribution in [0.25, 0.3) is 10.9 Å². The van der Waals surface area contributed by atoms with Crippen molar-refractivity contribution in [1.29, 1.82) is 0 Å². The third-order valence-corrected chi connectivity index (χ3v) is 6.72. The first kappa shape index (κ1) is 17.6. The Morgan fingerprint density at radius 2 is 1.41 bits per heavy atom. The molecule has 3 nitrogen and oxygen atoms in total. The molecular weight excluding hydrogens is 348 g/mol. The van der Waals surface area contributed by atoms with Crippen molar-refractivity contribution in [3.63, 3.8) is 0 Å². The molecule has 0 saturated carbocycles. The number of aromatic nitrogens is 2. The van der Waals surface area contributed by atoms with E-state index in [1.807, 2.05) is 18.3 Å². The smallest absolute Gasteiger partial charge is 0.390 e. The van der Waals surface area contributed by atoms with Gasteiger partial charge in [-0.3, -0.25) is 0 Å². The maximum Gasteiger partial charge on any atom is 0.390 e. The van der Waals surface area contributed by atoms with Gasteiger partial charge in [-0.2, -0.15) is 0 Å². The van der Waals surface area contributed by atoms with Crippen molar-refractivity contribution < 1.29 is 4.53 Å². The van der Waals surface area contributed by atoms with E-state index >= 15 is 0 Å². The van der Waals surface area contributed by atoms with Gasteiger partial charge in [-0.1, -0.05) is 93.6 Å². The average molecular weight is 372 g/mol. The molecule has 0 unspecified atom stereocenters. The molecule has 1 radical (unpaired) electrons. The summed E-state index contributed by atoms with van der Waals surface area (Å²) in [5, 5.41) is 8.01. The molecular formula is C23H23N2OSi. The Hall–Kier alpha value is -2.85. The lowest BCUT2D eigenvalue weighted by Crippen LogP contribution is -2.50. The molecule has 0 bridgehead atoms. The van der Waals surface area contributed by atoms with Gasteiger partial charge in [0.1, 0.15) is 5.52 Å². The van der Waals surface area contributed by atoms with Crippen LogP contribution in [0.4, 0.5) is 0 Å². The van der Waals surface area contributed by atoms with Gasteiger partial charge in [-0.25, -0.2) is 0 Å². The Kier molecular flexibility index (Phi) is 4.58. The lowest BCUT2D eigenvalue weighted by molar-refractivity contribution is 0.257. The first-order valence-corrected chi connectivity index (χ1v) is 10.6. The number of fused-ring (bicyclic) bond motifs is 1. The van der Waals surface area contributed by atoms with Crippen molar-refractivity contribution in [3.05, 3.63) is 90.6 Å². The molecule has 4 heteroatoms. The summed E-state index contributed by atoms with van der Waals surface area (Å²) in [6, 6.07) is 27.3. The maximum atomic E-state index is 6.51. The average Bonchev–Trinajstić information content (AvgIpc) is 3.09. The molecule has 27 heavy (non-hydrogen) atoms. The van der Waals surface area contributed by atoms with E-state index in [4.69, 9.17) is 4.53 Å². The number of hydrogen-bond acceptors (Lipinski definition) is 2. The minimum absolute atomic E-state index is 0.0793. The first-order chi connectivity index (χ1) is 13.0. The van der Waals surface area contributed by atoms with E-state index in [-0.39, 0.29) is 5.41 Å². The largest absolute Gasteiger partial charge is 0.443 e. The van der Waals surface area contributed by atoms with Crippen LogP contribution in [0.3, 0.4) is 0 Å². The zero-order valence-electron chi connectivity index (χ0n) is 15.9. The molecule has 3 aromatic carbocycles. The van der Waals surface area contributed by atoms with Gasteiger partial charge in [0.2, 0.25) is 0 Å². The van der Waals surface area contributed by atoms with Crippen LogP contribution < -0.4 is 14.9 Å². The highest BCUT2D eigenvalue weighted by molar-refractivity contribution is 6.80. The molecule has 1 heterocycles. The molecule has 0 saturated heterocycles. The predicted molar refractivity (Wildman–Crippen MR) is 113 cm³/mol. The fourth-order valence-electron chi connectivity index (χ4n) is 3.07. The molecule has 0 amide bonds. The zero-order valence-corrected chi connectivity index (χ0v) is 16.9. The van der Waals surface area contributed by atoms with Gasteiger partial charge < -0.3 is 4.53 Å². The Morgan fingerprint density at radius 1 is 0.815 bits per heavy atom. The number of rotatable bonds is 4. The van der Waals surface area contributed by atoms with Crippen molar-refractivity contribution in [2.75, 3.05) is 0 Å². The molecule has 4 aromatic rings. The topological polar surface area (TPSA) is 27.1 Å². The van der Waals surface area contributed by atoms with Gasteiger partial charge in [-0.05, 0) is 27.4 Å². The molecule has 135 valence electrons. The van der Waals surface area contributed by atoms with Crippen LogP contribution in [0.2, 0.25) is 0 Å². The van der Waals surface area contributed by atoms with E-state index in [2.05, 4.69) is 92.6 Å². The summed E-state index contributed by atoms with van der Waals surface area (Å²) < 4.78 is 6.51. The molecule has 4 rings (SSSR count). The van der Waals surface area contributed by atoms with Crippen LogP contribution in [0, 0.1) is 0 Å². The van der Waals surface area contributed by atoms with Gasteiger partial charge in [0, 0.05) is 5.39 Å². The third-order valence-electron chi connectivity index (χ3n) is 4.65. The van der Waals surface area contributed by atoms with E-state index in [1.165, 1.54) is 15.9 Å². The van der Waals surface area contributed by atoms with Crippen LogP contribution >= 0.6 is 0 Å². The van der Waals surface area contributed by atoms with Crippen molar-refractivity contribution in [3.8, 4) is 0 Å². The van der Waals surface area contributed by atoms with Crippen LogP contribution in [-0.4, -0.2) is 19.0 Å². The summed E-state index contributed by atoms with van der Waals surface area (Å²) in [5.41, 5.74) is 2.36. The van der Waals surface area contributed by atoms with E-state index in [0.717, 1.165) is 10.9 Å². The summed E-state index contributed by atoms with van der Waals surface area (Å²) in [5.74, 6) is 0. The monoisotopic (exact) mass is 371 g/mol. The fourth-order valence-corrected chi connectivity index (χ4v) is 4.93. The second-order valence-electron chi connectivity index (χ2n) is 7.69. The van der Waals surface area contributed by atoms with Crippen LogP contribution in [0.1, 0.15) is 26.3 Å². The molecule has 0 aliphatic rings. The minimum atomic E-state index is -1.46. The summed E-state index contributed by atoms with van der Waals surface area (Å²) in [6.07, 6.45) is 1.87. The second-order valence-corrected chi connectivity index (χ2v) is 9.69. The minimum Gasteiger partial charge on any atom is -0.443 e. The van der Waals surface area contributed by atoms with Gasteiger partial charge in [0.05, 0.1) is 6.20 Å². The van der Waals surface area contributed by atoms with Crippen molar-refractivity contribution in [1.82, 2.24) is 9.94 Å². The molecule has 0 aliphatic carbocycles. The maximum absolute atomic E-state index is 6.51. The number of hydrogen-bond donors (Lipinski definition) is 0. The highest BCUT2D eigenvalue weighted by Crippen LogP contribution is 2.25. The molecule has 0 N–H and O–H groups in total. The predicted octanol–water partition coefficient (Wildman–Crippen LogP) is 3.57. The van der Waals surface area contributed by atoms with Gasteiger partial charge in [-0.15, -0.1) is 9.94 Å². The standard InChI is InChI=1S/C23H23N2OSi/c1-23(2,3)19-15-14-18-17-24-25(22(18)16-19)26-27(20-10-6-4-7-11-20)21-12-8-5-9-13-21/h4-17H,1-3H3.